The van der Waals surface area contributed by atoms with Crippen molar-refractivity contribution >= 4 is 63.9 Å². The van der Waals surface area contributed by atoms with Gasteiger partial charge in [0.1, 0.15) is 12.9 Å². The molecule has 5 nitrogen and oxygen atoms in total. The summed E-state index contributed by atoms with van der Waals surface area (Å²) >= 11 is 18.0. The molecule has 0 radical (unpaired) electrons. The summed E-state index contributed by atoms with van der Waals surface area (Å²) in [5.41, 5.74) is 0. The van der Waals surface area contributed by atoms with Gasteiger partial charge in [0.05, 0.1) is 16.6 Å². The second-order valence-electron chi connectivity index (χ2n) is 4.79. The van der Waals surface area contributed by atoms with Gasteiger partial charge in [-0.25, -0.2) is 9.78 Å². The number of imidazole rings is 1. The van der Waals surface area contributed by atoms with Gasteiger partial charge in [0, 0.05) is 24.0 Å². The van der Waals surface area contributed by atoms with Crippen LogP contribution in [0.3, 0.4) is 0 Å². The Labute approximate surface area is 172 Å². The number of rotatable bonds is 6. The number of ether oxygens (including phenoxy) is 1. The van der Waals surface area contributed by atoms with Gasteiger partial charge in [-0.15, -0.1) is 0 Å². The highest BCUT2D eigenvalue weighted by Gasteiger charge is 2.15. The van der Waals surface area contributed by atoms with Crippen molar-refractivity contribution in [1.29, 1.82) is 0 Å². The van der Waals surface area contributed by atoms with Crippen molar-refractivity contribution < 1.29 is 9.53 Å². The number of hydrogen-bond donors (Lipinski definition) is 0. The third-order valence-electron chi connectivity index (χ3n) is 3.06. The van der Waals surface area contributed by atoms with E-state index in [1.165, 1.54) is 10.9 Å². The number of hydrogen-bond acceptors (Lipinski definition) is 3. The normalized spacial score (nSPS) is 10.2. The van der Waals surface area contributed by atoms with Crippen molar-refractivity contribution in [2.24, 2.45) is 0 Å². The standard InChI is InChI=1S/C15H16Cl3N3O2.Mg.2H/c1-2-4-20(15(22)21-5-3-19-10-21)6-7-23-14-12(17)8-11(16)9-13(14)18;;;/h3,5,8-10H,2,4,6-7H2,1H3;;;. The van der Waals surface area contributed by atoms with Crippen molar-refractivity contribution in [3.63, 3.8) is 0 Å². The van der Waals surface area contributed by atoms with Crippen LogP contribution in [0.1, 0.15) is 13.3 Å². The Kier molecular flexibility index (Phi) is 9.22. The van der Waals surface area contributed by atoms with Gasteiger partial charge >= 0.3 is 29.1 Å². The Morgan fingerprint density at radius 1 is 1.25 bits per heavy atom. The average molecular weight is 403 g/mol. The Morgan fingerprint density at radius 3 is 2.46 bits per heavy atom. The number of halogens is 3. The predicted octanol–water partition coefficient (Wildman–Crippen LogP) is 3.69. The highest BCUT2D eigenvalue weighted by atomic mass is 35.5. The van der Waals surface area contributed by atoms with Gasteiger partial charge in [-0.3, -0.25) is 4.57 Å². The predicted molar refractivity (Wildman–Crippen MR) is 100 cm³/mol. The van der Waals surface area contributed by atoms with Gasteiger partial charge in [-0.1, -0.05) is 41.7 Å². The summed E-state index contributed by atoms with van der Waals surface area (Å²) in [5.74, 6) is 0.365. The highest BCUT2D eigenvalue weighted by Crippen LogP contribution is 2.35. The minimum Gasteiger partial charge on any atom is -0.489 e. The summed E-state index contributed by atoms with van der Waals surface area (Å²) in [7, 11) is 0. The van der Waals surface area contributed by atoms with E-state index in [9.17, 15) is 4.79 Å². The Morgan fingerprint density at radius 2 is 1.92 bits per heavy atom. The first-order valence-electron chi connectivity index (χ1n) is 7.07. The van der Waals surface area contributed by atoms with Gasteiger partial charge < -0.3 is 9.64 Å². The third kappa shape index (κ3) is 5.70. The number of nitrogens with zero attached hydrogens (tertiary/aromatic N) is 3. The van der Waals surface area contributed by atoms with Crippen LogP contribution in [-0.2, 0) is 0 Å². The lowest BCUT2D eigenvalue weighted by Gasteiger charge is -2.22. The molecule has 1 aromatic heterocycles. The molecule has 0 aliphatic heterocycles. The Bertz CT molecular complexity index is 645. The van der Waals surface area contributed by atoms with Crippen LogP contribution < -0.4 is 4.74 Å². The summed E-state index contributed by atoms with van der Waals surface area (Å²) in [5, 5.41) is 1.12. The van der Waals surface area contributed by atoms with Gasteiger partial charge in [0.2, 0.25) is 0 Å². The molecule has 0 fully saturated rings. The second kappa shape index (κ2) is 10.4. The first-order chi connectivity index (χ1) is 11.0. The Balaban J connectivity index is 0.00000288. The Hall–Kier alpha value is -0.664. The third-order valence-corrected chi connectivity index (χ3v) is 3.84. The molecule has 0 N–H and O–H groups in total. The fourth-order valence-electron chi connectivity index (χ4n) is 2.03. The molecule has 0 aliphatic rings. The van der Waals surface area contributed by atoms with Crippen molar-refractivity contribution in [3.05, 3.63) is 45.9 Å². The van der Waals surface area contributed by atoms with Crippen molar-refractivity contribution in [3.8, 4) is 5.75 Å². The van der Waals surface area contributed by atoms with Crippen LogP contribution in [0.25, 0.3) is 0 Å². The molecule has 1 heterocycles. The maximum absolute atomic E-state index is 12.3. The monoisotopic (exact) mass is 401 g/mol. The lowest BCUT2D eigenvalue weighted by atomic mass is 10.3. The van der Waals surface area contributed by atoms with Gasteiger partial charge in [-0.05, 0) is 18.6 Å². The molecular weight excluding hydrogens is 385 g/mol. The zero-order chi connectivity index (χ0) is 16.8. The van der Waals surface area contributed by atoms with Crippen molar-refractivity contribution in [2.75, 3.05) is 19.7 Å². The van der Waals surface area contributed by atoms with Crippen LogP contribution in [0.5, 0.6) is 5.75 Å². The fourth-order valence-corrected chi connectivity index (χ4v) is 2.96. The number of aromatic nitrogens is 2. The molecule has 0 spiro atoms. The van der Waals surface area contributed by atoms with Crippen LogP contribution >= 0.6 is 34.8 Å². The number of amides is 1. The van der Waals surface area contributed by atoms with E-state index >= 15 is 0 Å². The smallest absolute Gasteiger partial charge is 0.329 e. The zero-order valence-corrected chi connectivity index (χ0v) is 14.8. The number of benzene rings is 1. The zero-order valence-electron chi connectivity index (χ0n) is 12.5. The molecule has 9 heteroatoms. The van der Waals surface area contributed by atoms with E-state index in [1.54, 1.807) is 29.4 Å². The molecule has 1 amide bonds. The molecule has 2 rings (SSSR count). The van der Waals surface area contributed by atoms with Crippen molar-refractivity contribution in [2.45, 2.75) is 13.3 Å². The first kappa shape index (κ1) is 21.4. The molecule has 0 atom stereocenters. The number of carbonyl (C=O) groups is 1. The molecule has 0 unspecified atom stereocenters. The average Bonchev–Trinajstić information content (AvgIpc) is 3.02. The van der Waals surface area contributed by atoms with E-state index < -0.39 is 0 Å². The molecule has 24 heavy (non-hydrogen) atoms. The lowest BCUT2D eigenvalue weighted by Crippen LogP contribution is -2.37. The molecule has 2 aromatic rings. The minimum absolute atomic E-state index is 0. The molecule has 128 valence electrons. The summed E-state index contributed by atoms with van der Waals surface area (Å²) in [6.07, 6.45) is 5.48. The van der Waals surface area contributed by atoms with Gasteiger partial charge in [0.25, 0.3) is 0 Å². The number of carbonyl (C=O) groups excluding carboxylic acids is 1. The summed E-state index contributed by atoms with van der Waals surface area (Å²) < 4.78 is 7.05. The van der Waals surface area contributed by atoms with Crippen LogP contribution in [0.4, 0.5) is 4.79 Å². The first-order valence-corrected chi connectivity index (χ1v) is 8.21. The van der Waals surface area contributed by atoms with E-state index in [0.717, 1.165) is 6.42 Å². The molecule has 0 bridgehead atoms. The maximum atomic E-state index is 12.3. The minimum atomic E-state index is -0.152. The maximum Gasteiger partial charge on any atom is 0.329 e. The van der Waals surface area contributed by atoms with E-state index in [1.807, 2.05) is 6.92 Å². The van der Waals surface area contributed by atoms with Crippen LogP contribution in [-0.4, -0.2) is 63.2 Å². The van der Waals surface area contributed by atoms with E-state index in [-0.39, 0.29) is 35.7 Å². The topological polar surface area (TPSA) is 47.4 Å². The summed E-state index contributed by atoms with van der Waals surface area (Å²) in [6.45, 7) is 3.28. The highest BCUT2D eigenvalue weighted by molar-refractivity contribution is 6.40. The fraction of sp³-hybridized carbons (Fsp3) is 0.333. The SMILES string of the molecule is CCCN(CCOc1c(Cl)cc(Cl)cc1Cl)C(=O)n1ccnc1.[MgH2]. The van der Waals surface area contributed by atoms with Crippen LogP contribution in [0.2, 0.25) is 15.1 Å². The quantitative estimate of drug-likeness (QED) is 0.692. The second-order valence-corrected chi connectivity index (χ2v) is 6.04. The summed E-state index contributed by atoms with van der Waals surface area (Å²) in [4.78, 5) is 17.9. The molecule has 0 saturated carbocycles. The molecule has 0 saturated heterocycles. The van der Waals surface area contributed by atoms with E-state index in [0.29, 0.717) is 33.9 Å². The van der Waals surface area contributed by atoms with Crippen LogP contribution in [0, 0.1) is 0 Å². The van der Waals surface area contributed by atoms with E-state index in [2.05, 4.69) is 4.98 Å². The van der Waals surface area contributed by atoms with Gasteiger partial charge in [-0.2, -0.15) is 0 Å². The van der Waals surface area contributed by atoms with Gasteiger partial charge in [0.15, 0.2) is 5.75 Å². The molecular formula is C15H18Cl3MgN3O2. The largest absolute Gasteiger partial charge is 0.489 e. The van der Waals surface area contributed by atoms with Crippen molar-refractivity contribution in [1.82, 2.24) is 14.5 Å². The molecule has 1 aromatic carbocycles. The lowest BCUT2D eigenvalue weighted by molar-refractivity contribution is 0.184. The van der Waals surface area contributed by atoms with E-state index in [4.69, 9.17) is 39.5 Å². The molecule has 0 aliphatic carbocycles. The summed E-state index contributed by atoms with van der Waals surface area (Å²) in [6, 6.07) is 2.97. The van der Waals surface area contributed by atoms with Crippen LogP contribution in [0.15, 0.2) is 30.9 Å².